The van der Waals surface area contributed by atoms with Crippen molar-refractivity contribution < 1.29 is 14.7 Å². The van der Waals surface area contributed by atoms with Gasteiger partial charge in [-0.15, -0.1) is 11.3 Å². The average Bonchev–Trinajstić information content (AvgIpc) is 3.21. The van der Waals surface area contributed by atoms with Gasteiger partial charge in [0.2, 0.25) is 0 Å². The number of ketones is 1. The highest BCUT2D eigenvalue weighted by molar-refractivity contribution is 7.12. The molecule has 1 aromatic heterocycles. The van der Waals surface area contributed by atoms with E-state index in [1.165, 1.54) is 11.3 Å². The van der Waals surface area contributed by atoms with Crippen LogP contribution in [0.15, 0.2) is 60.0 Å². The molecule has 1 atom stereocenters. The van der Waals surface area contributed by atoms with Crippen LogP contribution >= 0.6 is 22.9 Å². The number of amides is 1. The number of phenols is 1. The minimum Gasteiger partial charge on any atom is -0.508 e. The van der Waals surface area contributed by atoms with Gasteiger partial charge in [-0.2, -0.15) is 0 Å². The number of halogens is 1. The van der Waals surface area contributed by atoms with Gasteiger partial charge >= 0.3 is 0 Å². The fraction of sp³-hybridized carbons (Fsp3) is 0.182. The first kappa shape index (κ1) is 20.1. The molecule has 1 amide bonds. The molecule has 0 saturated heterocycles. The minimum atomic E-state index is -0.683. The van der Waals surface area contributed by atoms with E-state index in [4.69, 9.17) is 11.6 Å². The van der Waals surface area contributed by atoms with Gasteiger partial charge < -0.3 is 10.4 Å². The van der Waals surface area contributed by atoms with Gasteiger partial charge in [-0.05, 0) is 65.7 Å². The molecule has 0 bridgehead atoms. The van der Waals surface area contributed by atoms with Crippen LogP contribution < -0.4 is 5.32 Å². The van der Waals surface area contributed by atoms with Crippen molar-refractivity contribution in [2.45, 2.75) is 25.8 Å². The molecule has 1 unspecified atom stereocenters. The maximum Gasteiger partial charge on any atom is 0.261 e. The summed E-state index contributed by atoms with van der Waals surface area (Å²) in [6.07, 6.45) is 0.524. The number of nitrogens with one attached hydrogen (secondary N) is 1. The van der Waals surface area contributed by atoms with E-state index in [1.807, 2.05) is 18.4 Å². The van der Waals surface area contributed by atoms with Crippen LogP contribution in [0.3, 0.4) is 0 Å². The van der Waals surface area contributed by atoms with E-state index in [2.05, 4.69) is 5.32 Å². The Balaban J connectivity index is 1.81. The van der Waals surface area contributed by atoms with Gasteiger partial charge in [0.1, 0.15) is 5.75 Å². The zero-order valence-corrected chi connectivity index (χ0v) is 16.9. The lowest BCUT2D eigenvalue weighted by molar-refractivity contribution is -0.120. The van der Waals surface area contributed by atoms with Gasteiger partial charge in [-0.25, -0.2) is 0 Å². The lowest BCUT2D eigenvalue weighted by atomic mass is 9.95. The summed E-state index contributed by atoms with van der Waals surface area (Å²) in [5, 5.41) is 14.7. The molecule has 0 aliphatic heterocycles. The van der Waals surface area contributed by atoms with E-state index in [-0.39, 0.29) is 23.9 Å². The van der Waals surface area contributed by atoms with Crippen molar-refractivity contribution in [3.8, 4) is 5.75 Å². The Kier molecular flexibility index (Phi) is 6.49. The summed E-state index contributed by atoms with van der Waals surface area (Å²) in [6, 6.07) is 14.9. The summed E-state index contributed by atoms with van der Waals surface area (Å²) in [6.45, 7) is 1.93. The quantitative estimate of drug-likeness (QED) is 0.596. The molecule has 0 spiro atoms. The number of hydrogen-bond acceptors (Lipinski definition) is 4. The van der Waals surface area contributed by atoms with Crippen LogP contribution in [0.5, 0.6) is 5.75 Å². The standard InChI is InChI=1S/C22H20ClNO3S/c1-14-4-7-17(23)12-16(14)13-20(26)19(11-15-5-8-18(25)9-6-15)24-22(27)21-3-2-10-28-21/h2-10,12,19,25H,11,13H2,1H3,(H,24,27). The van der Waals surface area contributed by atoms with E-state index >= 15 is 0 Å². The third-order valence-electron chi connectivity index (χ3n) is 4.49. The van der Waals surface area contributed by atoms with E-state index in [0.717, 1.165) is 16.7 Å². The van der Waals surface area contributed by atoms with E-state index < -0.39 is 6.04 Å². The Morgan fingerprint density at radius 1 is 1.14 bits per heavy atom. The Morgan fingerprint density at radius 2 is 1.89 bits per heavy atom. The maximum atomic E-state index is 13.0. The number of aryl methyl sites for hydroxylation is 1. The molecular formula is C22H20ClNO3S. The van der Waals surface area contributed by atoms with Crippen molar-refractivity contribution in [2.24, 2.45) is 0 Å². The van der Waals surface area contributed by atoms with Crippen molar-refractivity contribution >= 4 is 34.6 Å². The van der Waals surface area contributed by atoms with Gasteiger partial charge in [0.15, 0.2) is 5.78 Å². The van der Waals surface area contributed by atoms with Crippen molar-refractivity contribution in [1.82, 2.24) is 5.32 Å². The Morgan fingerprint density at radius 3 is 2.57 bits per heavy atom. The molecule has 3 rings (SSSR count). The lowest BCUT2D eigenvalue weighted by Crippen LogP contribution is -2.43. The number of carbonyl (C=O) groups excluding carboxylic acids is 2. The smallest absolute Gasteiger partial charge is 0.261 e. The third-order valence-corrected chi connectivity index (χ3v) is 5.59. The second kappa shape index (κ2) is 9.04. The summed E-state index contributed by atoms with van der Waals surface area (Å²) >= 11 is 7.40. The molecule has 0 radical (unpaired) electrons. The Hall–Kier alpha value is -2.63. The van der Waals surface area contributed by atoms with Crippen molar-refractivity contribution in [2.75, 3.05) is 0 Å². The molecule has 0 saturated carbocycles. The molecule has 0 fully saturated rings. The number of benzene rings is 2. The van der Waals surface area contributed by atoms with Crippen LogP contribution in [0.2, 0.25) is 5.02 Å². The first-order valence-electron chi connectivity index (χ1n) is 8.82. The highest BCUT2D eigenvalue weighted by atomic mass is 35.5. The highest BCUT2D eigenvalue weighted by Gasteiger charge is 2.23. The number of rotatable bonds is 7. The fourth-order valence-electron chi connectivity index (χ4n) is 2.89. The number of aromatic hydroxyl groups is 1. The summed E-state index contributed by atoms with van der Waals surface area (Å²) in [5.74, 6) is -0.206. The normalized spacial score (nSPS) is 11.8. The van der Waals surface area contributed by atoms with Crippen LogP contribution in [-0.2, 0) is 17.6 Å². The first-order chi connectivity index (χ1) is 13.4. The molecule has 6 heteroatoms. The molecule has 2 N–H and O–H groups in total. The molecule has 0 aliphatic rings. The second-order valence-electron chi connectivity index (χ2n) is 6.59. The summed E-state index contributed by atoms with van der Waals surface area (Å²) < 4.78 is 0. The largest absolute Gasteiger partial charge is 0.508 e. The molecule has 28 heavy (non-hydrogen) atoms. The molecular weight excluding hydrogens is 394 g/mol. The Labute approximate surface area is 172 Å². The second-order valence-corrected chi connectivity index (χ2v) is 7.97. The van der Waals surface area contributed by atoms with Crippen LogP contribution in [-0.4, -0.2) is 22.8 Å². The summed E-state index contributed by atoms with van der Waals surface area (Å²) in [7, 11) is 0. The maximum absolute atomic E-state index is 13.0. The average molecular weight is 414 g/mol. The van der Waals surface area contributed by atoms with Crippen molar-refractivity contribution in [3.63, 3.8) is 0 Å². The van der Waals surface area contributed by atoms with Crippen LogP contribution in [0.25, 0.3) is 0 Å². The molecule has 144 valence electrons. The van der Waals surface area contributed by atoms with Crippen molar-refractivity contribution in [3.05, 3.63) is 86.6 Å². The predicted molar refractivity (Wildman–Crippen MR) is 112 cm³/mol. The number of carbonyl (C=O) groups is 2. The van der Waals surface area contributed by atoms with E-state index in [9.17, 15) is 14.7 Å². The van der Waals surface area contributed by atoms with Gasteiger partial charge in [-0.1, -0.05) is 35.9 Å². The Bertz CT molecular complexity index is 968. The third kappa shape index (κ3) is 5.21. The monoisotopic (exact) mass is 413 g/mol. The number of thiophene rings is 1. The zero-order valence-electron chi connectivity index (χ0n) is 15.3. The van der Waals surface area contributed by atoms with Gasteiger partial charge in [-0.3, -0.25) is 9.59 Å². The van der Waals surface area contributed by atoms with E-state index in [1.54, 1.807) is 48.5 Å². The lowest BCUT2D eigenvalue weighted by Gasteiger charge is -2.18. The molecule has 4 nitrogen and oxygen atoms in total. The molecule has 1 heterocycles. The molecule has 2 aromatic carbocycles. The van der Waals surface area contributed by atoms with E-state index in [0.29, 0.717) is 16.3 Å². The number of hydrogen-bond donors (Lipinski definition) is 2. The first-order valence-corrected chi connectivity index (χ1v) is 10.1. The van der Waals surface area contributed by atoms with Crippen LogP contribution in [0, 0.1) is 6.92 Å². The summed E-state index contributed by atoms with van der Waals surface area (Å²) in [5.41, 5.74) is 2.68. The number of phenolic OH excluding ortho intramolecular Hbond substituents is 1. The van der Waals surface area contributed by atoms with Gasteiger partial charge in [0.25, 0.3) is 5.91 Å². The topological polar surface area (TPSA) is 66.4 Å². The van der Waals surface area contributed by atoms with Crippen LogP contribution in [0.4, 0.5) is 0 Å². The minimum absolute atomic E-state index is 0.0941. The predicted octanol–water partition coefficient (Wildman–Crippen LogP) is 4.57. The summed E-state index contributed by atoms with van der Waals surface area (Å²) in [4.78, 5) is 26.1. The molecule has 0 aliphatic carbocycles. The highest BCUT2D eigenvalue weighted by Crippen LogP contribution is 2.18. The zero-order chi connectivity index (χ0) is 20.1. The SMILES string of the molecule is Cc1ccc(Cl)cc1CC(=O)C(Cc1ccc(O)cc1)NC(=O)c1cccs1. The van der Waals surface area contributed by atoms with Crippen molar-refractivity contribution in [1.29, 1.82) is 0 Å². The van der Waals surface area contributed by atoms with Gasteiger partial charge in [0, 0.05) is 11.4 Å². The van der Waals surface area contributed by atoms with Gasteiger partial charge in [0.05, 0.1) is 10.9 Å². The van der Waals surface area contributed by atoms with Crippen LogP contribution in [0.1, 0.15) is 26.4 Å². The number of Topliss-reactive ketones (excluding diaryl/α,β-unsaturated/α-hetero) is 1. The fourth-order valence-corrected chi connectivity index (χ4v) is 3.71. The molecule has 3 aromatic rings.